The number of carbonyl (C=O) groups is 1. The number of halogens is 3. The van der Waals surface area contributed by atoms with Crippen molar-refractivity contribution in [1.29, 1.82) is 0 Å². The van der Waals surface area contributed by atoms with Gasteiger partial charge in [-0.05, 0) is 18.2 Å². The lowest BCUT2D eigenvalue weighted by atomic mass is 10.2. The van der Waals surface area contributed by atoms with Gasteiger partial charge in [-0.2, -0.15) is 0 Å². The fourth-order valence-electron chi connectivity index (χ4n) is 2.62. The topological polar surface area (TPSA) is 64.7 Å². The number of para-hydroxylation sites is 3. The van der Waals surface area contributed by atoms with Crippen molar-refractivity contribution in [3.05, 3.63) is 64.6 Å². The van der Waals surface area contributed by atoms with E-state index in [-0.39, 0.29) is 24.4 Å². The summed E-state index contributed by atoms with van der Waals surface area (Å²) in [4.78, 5) is 25.6. The molecule has 0 bridgehead atoms. The zero-order chi connectivity index (χ0) is 19.6. The zero-order valence-corrected chi connectivity index (χ0v) is 14.2. The Morgan fingerprint density at radius 3 is 2.56 bits per heavy atom. The summed E-state index contributed by atoms with van der Waals surface area (Å²) >= 11 is 0. The van der Waals surface area contributed by atoms with Gasteiger partial charge >= 0.3 is 12.1 Å². The van der Waals surface area contributed by atoms with Gasteiger partial charge in [0.15, 0.2) is 5.58 Å². The Kier molecular flexibility index (Phi) is 4.93. The van der Waals surface area contributed by atoms with E-state index in [1.165, 1.54) is 34.7 Å². The molecular formula is C18H15F3N2O4. The molecule has 0 N–H and O–H groups in total. The molecule has 27 heavy (non-hydrogen) atoms. The molecule has 0 spiro atoms. The van der Waals surface area contributed by atoms with E-state index in [2.05, 4.69) is 4.74 Å². The van der Waals surface area contributed by atoms with Crippen molar-refractivity contribution in [3.63, 3.8) is 0 Å². The molecule has 3 aromatic rings. The highest BCUT2D eigenvalue weighted by Gasteiger charge is 2.32. The molecular weight excluding hydrogens is 365 g/mol. The quantitative estimate of drug-likeness (QED) is 0.682. The van der Waals surface area contributed by atoms with Crippen LogP contribution in [-0.4, -0.2) is 28.8 Å². The van der Waals surface area contributed by atoms with E-state index >= 15 is 0 Å². The van der Waals surface area contributed by atoms with Crippen LogP contribution >= 0.6 is 0 Å². The zero-order valence-electron chi connectivity index (χ0n) is 14.2. The molecule has 3 rings (SSSR count). The molecule has 0 fully saturated rings. The minimum absolute atomic E-state index is 0.115. The molecule has 6 nitrogen and oxygen atoms in total. The van der Waals surface area contributed by atoms with Gasteiger partial charge in [-0.25, -0.2) is 4.79 Å². The molecule has 1 aromatic heterocycles. The first-order valence-corrected chi connectivity index (χ1v) is 7.90. The minimum atomic E-state index is -4.83. The number of alkyl halides is 3. The smallest absolute Gasteiger partial charge is 0.408 e. The lowest BCUT2D eigenvalue weighted by Gasteiger charge is -2.20. The Hall–Kier alpha value is -3.23. The summed E-state index contributed by atoms with van der Waals surface area (Å²) in [6.07, 6.45) is -4.83. The molecule has 1 heterocycles. The standard InChI is InChI=1S/C18H15F3N2O4/c1-22(10-12-6-2-4-8-14(12)27-18(19,20)21)16(24)11-23-13-7-3-5-9-15(13)26-17(23)25/h2-9H,10-11H2,1H3. The number of likely N-dealkylation sites (N-methyl/N-ethyl adjacent to an activating group) is 1. The molecule has 1 amide bonds. The molecule has 0 unspecified atom stereocenters. The number of fused-ring (bicyclic) bond motifs is 1. The van der Waals surface area contributed by atoms with Gasteiger partial charge < -0.3 is 14.1 Å². The number of nitrogens with zero attached hydrogens (tertiary/aromatic N) is 2. The second kappa shape index (κ2) is 7.18. The number of amides is 1. The summed E-state index contributed by atoms with van der Waals surface area (Å²) < 4.78 is 47.8. The number of ether oxygens (including phenoxy) is 1. The van der Waals surface area contributed by atoms with Gasteiger partial charge in [0.2, 0.25) is 5.91 Å². The Bertz CT molecular complexity index is 1020. The maximum Gasteiger partial charge on any atom is 0.573 e. The van der Waals surface area contributed by atoms with Gasteiger partial charge in [0.25, 0.3) is 0 Å². The van der Waals surface area contributed by atoms with E-state index in [1.54, 1.807) is 30.3 Å². The summed E-state index contributed by atoms with van der Waals surface area (Å²) in [5.41, 5.74) is 1.00. The van der Waals surface area contributed by atoms with E-state index in [4.69, 9.17) is 4.42 Å². The summed E-state index contributed by atoms with van der Waals surface area (Å²) in [7, 11) is 1.43. The van der Waals surface area contributed by atoms with Crippen LogP contribution in [0.2, 0.25) is 0 Å². The third kappa shape index (κ3) is 4.30. The second-order valence-corrected chi connectivity index (χ2v) is 5.83. The SMILES string of the molecule is CN(Cc1ccccc1OC(F)(F)F)C(=O)Cn1c(=O)oc2ccccc21. The Labute approximate surface area is 151 Å². The van der Waals surface area contributed by atoms with Gasteiger partial charge in [-0.15, -0.1) is 13.2 Å². The Morgan fingerprint density at radius 2 is 1.81 bits per heavy atom. The van der Waals surface area contributed by atoms with Crippen LogP contribution in [0.4, 0.5) is 13.2 Å². The maximum atomic E-state index is 12.5. The van der Waals surface area contributed by atoms with Crippen molar-refractivity contribution >= 4 is 17.0 Å². The summed E-state index contributed by atoms with van der Waals surface area (Å²) in [6.45, 7) is -0.412. The maximum absolute atomic E-state index is 12.5. The first-order valence-electron chi connectivity index (χ1n) is 7.90. The van der Waals surface area contributed by atoms with Gasteiger partial charge in [-0.3, -0.25) is 9.36 Å². The molecule has 0 atom stereocenters. The second-order valence-electron chi connectivity index (χ2n) is 5.83. The molecule has 0 radical (unpaired) electrons. The molecule has 9 heteroatoms. The Morgan fingerprint density at radius 1 is 1.15 bits per heavy atom. The van der Waals surface area contributed by atoms with Crippen molar-refractivity contribution in [2.45, 2.75) is 19.5 Å². The predicted molar refractivity (Wildman–Crippen MR) is 90.1 cm³/mol. The van der Waals surface area contributed by atoms with E-state index < -0.39 is 18.0 Å². The molecule has 0 aliphatic carbocycles. The van der Waals surface area contributed by atoms with Crippen LogP contribution in [0, 0.1) is 0 Å². The van der Waals surface area contributed by atoms with Crippen LogP contribution in [0.25, 0.3) is 11.1 Å². The molecule has 2 aromatic carbocycles. The van der Waals surface area contributed by atoms with Crippen LogP contribution < -0.4 is 10.5 Å². The lowest BCUT2D eigenvalue weighted by Crippen LogP contribution is -2.32. The van der Waals surface area contributed by atoms with Crippen LogP contribution in [0.5, 0.6) is 5.75 Å². The van der Waals surface area contributed by atoms with Crippen molar-refractivity contribution in [2.24, 2.45) is 0 Å². The van der Waals surface area contributed by atoms with Crippen LogP contribution in [0.15, 0.2) is 57.7 Å². The molecule has 0 saturated carbocycles. The fraction of sp³-hybridized carbons (Fsp3) is 0.222. The molecule has 0 aliphatic heterocycles. The van der Waals surface area contributed by atoms with E-state index in [0.717, 1.165) is 0 Å². The van der Waals surface area contributed by atoms with Gasteiger partial charge in [0.1, 0.15) is 12.3 Å². The van der Waals surface area contributed by atoms with Crippen LogP contribution in [0.1, 0.15) is 5.56 Å². The number of oxazole rings is 1. The van der Waals surface area contributed by atoms with E-state index in [0.29, 0.717) is 11.1 Å². The summed E-state index contributed by atoms with van der Waals surface area (Å²) in [5, 5.41) is 0. The first kappa shape index (κ1) is 18.6. The number of rotatable bonds is 5. The molecule has 0 saturated heterocycles. The molecule has 142 valence electrons. The van der Waals surface area contributed by atoms with Gasteiger partial charge in [0, 0.05) is 19.2 Å². The van der Waals surface area contributed by atoms with Crippen LogP contribution in [0.3, 0.4) is 0 Å². The highest BCUT2D eigenvalue weighted by Crippen LogP contribution is 2.27. The lowest BCUT2D eigenvalue weighted by molar-refractivity contribution is -0.275. The van der Waals surface area contributed by atoms with Gasteiger partial charge in [-0.1, -0.05) is 30.3 Å². The van der Waals surface area contributed by atoms with E-state index in [9.17, 15) is 22.8 Å². The largest absolute Gasteiger partial charge is 0.573 e. The van der Waals surface area contributed by atoms with Crippen molar-refractivity contribution < 1.29 is 27.1 Å². The van der Waals surface area contributed by atoms with E-state index in [1.807, 2.05) is 0 Å². The van der Waals surface area contributed by atoms with Crippen molar-refractivity contribution in [2.75, 3.05) is 7.05 Å². The van der Waals surface area contributed by atoms with Crippen molar-refractivity contribution in [1.82, 2.24) is 9.47 Å². The number of benzene rings is 2. The minimum Gasteiger partial charge on any atom is -0.408 e. The summed E-state index contributed by atoms with van der Waals surface area (Å²) in [5.74, 6) is -1.53. The van der Waals surface area contributed by atoms with Crippen molar-refractivity contribution in [3.8, 4) is 5.75 Å². The third-order valence-corrected chi connectivity index (χ3v) is 3.90. The van der Waals surface area contributed by atoms with Gasteiger partial charge in [0.05, 0.1) is 5.52 Å². The highest BCUT2D eigenvalue weighted by molar-refractivity contribution is 5.79. The number of hydrogen-bond donors (Lipinski definition) is 0. The summed E-state index contributed by atoms with van der Waals surface area (Å²) in [6, 6.07) is 12.2. The average molecular weight is 380 g/mol. The highest BCUT2D eigenvalue weighted by atomic mass is 19.4. The monoisotopic (exact) mass is 380 g/mol. The normalized spacial score (nSPS) is 11.6. The predicted octanol–water partition coefficient (Wildman–Crippen LogP) is 3.15. The third-order valence-electron chi connectivity index (χ3n) is 3.90. The number of aromatic nitrogens is 1. The Balaban J connectivity index is 1.77. The molecule has 0 aliphatic rings. The van der Waals surface area contributed by atoms with Crippen LogP contribution in [-0.2, 0) is 17.9 Å². The number of carbonyl (C=O) groups excluding carboxylic acids is 1. The number of hydrogen-bond acceptors (Lipinski definition) is 4. The average Bonchev–Trinajstić information content (AvgIpc) is 2.91. The first-order chi connectivity index (χ1) is 12.7. The fourth-order valence-corrected chi connectivity index (χ4v) is 2.62.